The van der Waals surface area contributed by atoms with E-state index in [-0.39, 0.29) is 11.3 Å². The molecule has 2 heterocycles. The van der Waals surface area contributed by atoms with Gasteiger partial charge in [-0.2, -0.15) is 0 Å². The molecule has 2 aliphatic heterocycles. The minimum absolute atomic E-state index is 0.161. The van der Waals surface area contributed by atoms with Gasteiger partial charge in [0.2, 0.25) is 5.91 Å². The number of nitrogens with zero attached hydrogens (tertiary/aromatic N) is 2. The standard InChI is InChI=1S/C24H30N2O2/c1-24(2)18-26-15-14-25(17-22(26)20-11-6-7-12-21(20)24)23(27)13-8-16-28-19-9-4-3-5-10-19/h3-7,9-12,22H,8,13-18H2,1-2H3. The van der Waals surface area contributed by atoms with E-state index in [4.69, 9.17) is 4.74 Å². The number of benzene rings is 2. The van der Waals surface area contributed by atoms with E-state index < -0.39 is 0 Å². The van der Waals surface area contributed by atoms with Crippen LogP contribution in [0.1, 0.15) is 43.9 Å². The minimum atomic E-state index is 0.161. The summed E-state index contributed by atoms with van der Waals surface area (Å²) >= 11 is 0. The monoisotopic (exact) mass is 378 g/mol. The van der Waals surface area contributed by atoms with Crippen LogP contribution in [0.3, 0.4) is 0 Å². The molecule has 4 nitrogen and oxygen atoms in total. The van der Waals surface area contributed by atoms with Crippen molar-refractivity contribution in [1.29, 1.82) is 0 Å². The topological polar surface area (TPSA) is 32.8 Å². The molecule has 0 aromatic heterocycles. The average Bonchev–Trinajstić information content (AvgIpc) is 2.71. The van der Waals surface area contributed by atoms with Gasteiger partial charge >= 0.3 is 0 Å². The number of amides is 1. The van der Waals surface area contributed by atoms with E-state index in [9.17, 15) is 4.79 Å². The maximum absolute atomic E-state index is 12.8. The van der Waals surface area contributed by atoms with Crippen LogP contribution in [-0.4, -0.2) is 48.5 Å². The number of piperazine rings is 1. The summed E-state index contributed by atoms with van der Waals surface area (Å²) in [6.07, 6.45) is 1.30. The van der Waals surface area contributed by atoms with Crippen molar-refractivity contribution in [2.75, 3.05) is 32.8 Å². The Morgan fingerprint density at radius 2 is 1.82 bits per heavy atom. The summed E-state index contributed by atoms with van der Waals surface area (Å²) in [6, 6.07) is 18.9. The van der Waals surface area contributed by atoms with Crippen LogP contribution in [0, 0.1) is 0 Å². The van der Waals surface area contributed by atoms with E-state index in [1.165, 1.54) is 11.1 Å². The van der Waals surface area contributed by atoms with Crippen LogP contribution in [0.5, 0.6) is 5.75 Å². The lowest BCUT2D eigenvalue weighted by molar-refractivity contribution is -0.135. The molecule has 1 amide bonds. The predicted molar refractivity (Wildman–Crippen MR) is 112 cm³/mol. The Hall–Kier alpha value is -2.33. The Kier molecular flexibility index (Phi) is 5.40. The highest BCUT2D eigenvalue weighted by Crippen LogP contribution is 2.40. The highest BCUT2D eigenvalue weighted by atomic mass is 16.5. The first-order valence-electron chi connectivity index (χ1n) is 10.3. The van der Waals surface area contributed by atoms with Gasteiger partial charge in [-0.3, -0.25) is 9.69 Å². The van der Waals surface area contributed by atoms with Crippen molar-refractivity contribution in [2.24, 2.45) is 0 Å². The Morgan fingerprint density at radius 3 is 2.64 bits per heavy atom. The number of para-hydroxylation sites is 1. The molecule has 28 heavy (non-hydrogen) atoms. The Morgan fingerprint density at radius 1 is 1.07 bits per heavy atom. The zero-order valence-corrected chi connectivity index (χ0v) is 16.9. The summed E-state index contributed by atoms with van der Waals surface area (Å²) < 4.78 is 5.72. The summed E-state index contributed by atoms with van der Waals surface area (Å²) in [5.41, 5.74) is 2.99. The van der Waals surface area contributed by atoms with Crippen LogP contribution >= 0.6 is 0 Å². The molecular weight excluding hydrogens is 348 g/mol. The fraction of sp³-hybridized carbons (Fsp3) is 0.458. The van der Waals surface area contributed by atoms with Crippen molar-refractivity contribution in [2.45, 2.75) is 38.1 Å². The van der Waals surface area contributed by atoms with E-state index in [0.29, 0.717) is 19.1 Å². The van der Waals surface area contributed by atoms with Gasteiger partial charge < -0.3 is 9.64 Å². The van der Waals surface area contributed by atoms with Gasteiger partial charge in [0.15, 0.2) is 0 Å². The first-order valence-corrected chi connectivity index (χ1v) is 10.3. The third-order valence-corrected chi connectivity index (χ3v) is 6.04. The maximum Gasteiger partial charge on any atom is 0.222 e. The molecule has 0 saturated carbocycles. The van der Waals surface area contributed by atoms with Crippen molar-refractivity contribution in [3.8, 4) is 5.75 Å². The smallest absolute Gasteiger partial charge is 0.222 e. The fourth-order valence-electron chi connectivity index (χ4n) is 4.62. The molecule has 1 saturated heterocycles. The number of carbonyl (C=O) groups is 1. The molecule has 2 aliphatic rings. The maximum atomic E-state index is 12.8. The number of hydrogen-bond donors (Lipinski definition) is 0. The number of ether oxygens (including phenoxy) is 1. The zero-order chi connectivity index (χ0) is 19.6. The van der Waals surface area contributed by atoms with Gasteiger partial charge in [0, 0.05) is 38.0 Å². The van der Waals surface area contributed by atoms with Crippen molar-refractivity contribution in [3.05, 3.63) is 65.7 Å². The van der Waals surface area contributed by atoms with Crippen LogP contribution in [0.4, 0.5) is 0 Å². The van der Waals surface area contributed by atoms with Crippen molar-refractivity contribution < 1.29 is 9.53 Å². The second kappa shape index (κ2) is 7.96. The molecule has 0 spiro atoms. The van der Waals surface area contributed by atoms with E-state index in [1.807, 2.05) is 30.3 Å². The van der Waals surface area contributed by atoms with E-state index in [1.54, 1.807) is 0 Å². The van der Waals surface area contributed by atoms with Crippen LogP contribution in [0.15, 0.2) is 54.6 Å². The normalized spacial score (nSPS) is 20.9. The third-order valence-electron chi connectivity index (χ3n) is 6.04. The molecule has 1 atom stereocenters. The molecule has 4 heteroatoms. The first kappa shape index (κ1) is 19.0. The summed E-state index contributed by atoms with van der Waals surface area (Å²) in [5.74, 6) is 1.11. The van der Waals surface area contributed by atoms with Crippen LogP contribution in [0.25, 0.3) is 0 Å². The molecule has 0 radical (unpaired) electrons. The van der Waals surface area contributed by atoms with Gasteiger partial charge in [-0.1, -0.05) is 56.3 Å². The summed E-state index contributed by atoms with van der Waals surface area (Å²) in [6.45, 7) is 8.86. The van der Waals surface area contributed by atoms with Gasteiger partial charge in [0.05, 0.1) is 12.6 Å². The summed E-state index contributed by atoms with van der Waals surface area (Å²) in [7, 11) is 0. The number of rotatable bonds is 5. The molecule has 2 aromatic rings. The van der Waals surface area contributed by atoms with Gasteiger partial charge in [0.1, 0.15) is 5.75 Å². The largest absolute Gasteiger partial charge is 0.494 e. The van der Waals surface area contributed by atoms with Gasteiger partial charge in [-0.05, 0) is 29.7 Å². The Bertz CT molecular complexity index is 818. The first-order chi connectivity index (χ1) is 13.5. The minimum Gasteiger partial charge on any atom is -0.494 e. The number of hydrogen-bond acceptors (Lipinski definition) is 3. The molecule has 148 valence electrons. The zero-order valence-electron chi connectivity index (χ0n) is 16.9. The van der Waals surface area contributed by atoms with Crippen molar-refractivity contribution in [1.82, 2.24) is 9.80 Å². The molecule has 4 rings (SSSR count). The van der Waals surface area contributed by atoms with Gasteiger partial charge in [0.25, 0.3) is 0 Å². The van der Waals surface area contributed by atoms with E-state index in [2.05, 4.69) is 47.9 Å². The molecule has 2 aromatic carbocycles. The van der Waals surface area contributed by atoms with Gasteiger partial charge in [-0.25, -0.2) is 0 Å². The van der Waals surface area contributed by atoms with Crippen LogP contribution in [-0.2, 0) is 10.2 Å². The average molecular weight is 379 g/mol. The lowest BCUT2D eigenvalue weighted by Crippen LogP contribution is -2.55. The second-order valence-corrected chi connectivity index (χ2v) is 8.56. The molecule has 0 N–H and O–H groups in total. The fourth-order valence-corrected chi connectivity index (χ4v) is 4.62. The summed E-state index contributed by atoms with van der Waals surface area (Å²) in [4.78, 5) is 17.4. The molecule has 1 fully saturated rings. The third kappa shape index (κ3) is 3.93. The second-order valence-electron chi connectivity index (χ2n) is 8.56. The lowest BCUT2D eigenvalue weighted by atomic mass is 9.75. The molecule has 0 bridgehead atoms. The SMILES string of the molecule is CC1(C)CN2CCN(C(=O)CCCOc3ccccc3)CC2c2ccccc21. The number of fused-ring (bicyclic) bond motifs is 3. The van der Waals surface area contributed by atoms with E-state index in [0.717, 1.165) is 38.3 Å². The molecular formula is C24H30N2O2. The number of carbonyl (C=O) groups excluding carboxylic acids is 1. The quantitative estimate of drug-likeness (QED) is 0.737. The highest BCUT2D eigenvalue weighted by molar-refractivity contribution is 5.76. The van der Waals surface area contributed by atoms with Gasteiger partial charge in [-0.15, -0.1) is 0 Å². The lowest BCUT2D eigenvalue weighted by Gasteiger charge is -2.50. The van der Waals surface area contributed by atoms with Crippen LogP contribution < -0.4 is 4.74 Å². The Balaban J connectivity index is 1.34. The highest BCUT2D eigenvalue weighted by Gasteiger charge is 2.40. The summed E-state index contributed by atoms with van der Waals surface area (Å²) in [5, 5.41) is 0. The Labute approximate surface area is 168 Å². The molecule has 1 unspecified atom stereocenters. The van der Waals surface area contributed by atoms with Crippen molar-refractivity contribution >= 4 is 5.91 Å². The molecule has 0 aliphatic carbocycles. The predicted octanol–water partition coefficient (Wildman–Crippen LogP) is 4.02. The van der Waals surface area contributed by atoms with Crippen molar-refractivity contribution in [3.63, 3.8) is 0 Å². The van der Waals surface area contributed by atoms with E-state index >= 15 is 0 Å². The van der Waals surface area contributed by atoms with Crippen LogP contribution in [0.2, 0.25) is 0 Å².